The van der Waals surface area contributed by atoms with E-state index in [0.29, 0.717) is 30.2 Å². The van der Waals surface area contributed by atoms with Crippen molar-refractivity contribution < 1.29 is 18.3 Å². The van der Waals surface area contributed by atoms with Gasteiger partial charge >= 0.3 is 6.61 Å². The minimum atomic E-state index is -2.87. The van der Waals surface area contributed by atoms with Crippen LogP contribution in [0.4, 0.5) is 8.78 Å². The van der Waals surface area contributed by atoms with Gasteiger partial charge in [0.05, 0.1) is 0 Å². The molecule has 0 aliphatic carbocycles. The van der Waals surface area contributed by atoms with Crippen LogP contribution in [0.1, 0.15) is 41.3 Å². The molecule has 1 amide bonds. The van der Waals surface area contributed by atoms with Crippen molar-refractivity contribution in [3.63, 3.8) is 0 Å². The molecule has 0 radical (unpaired) electrons. The Balaban J connectivity index is 0.00000480. The van der Waals surface area contributed by atoms with E-state index in [1.807, 2.05) is 12.1 Å². The molecular weight excluding hydrogens is 517 g/mol. The number of ether oxygens (including phenoxy) is 1. The van der Waals surface area contributed by atoms with E-state index in [9.17, 15) is 13.6 Å². The van der Waals surface area contributed by atoms with Gasteiger partial charge in [-0.1, -0.05) is 43.7 Å². The predicted octanol–water partition coefficient (Wildman–Crippen LogP) is 4.30. The SMILES string of the molecule is CCCCNC(=O)c1ccc(CNC(=NC)NCc2ccccc2OC(F)F)cc1.I. The number of hydrogen-bond donors (Lipinski definition) is 3. The number of rotatable bonds is 10. The molecule has 0 aliphatic rings. The molecule has 0 saturated carbocycles. The van der Waals surface area contributed by atoms with E-state index < -0.39 is 6.61 Å². The Morgan fingerprint density at radius 2 is 1.71 bits per heavy atom. The molecule has 2 rings (SSSR count). The van der Waals surface area contributed by atoms with E-state index in [1.165, 1.54) is 6.07 Å². The summed E-state index contributed by atoms with van der Waals surface area (Å²) >= 11 is 0. The minimum Gasteiger partial charge on any atom is -0.434 e. The molecule has 0 spiro atoms. The van der Waals surface area contributed by atoms with Gasteiger partial charge in [0.25, 0.3) is 5.91 Å². The second-order valence-electron chi connectivity index (χ2n) is 6.57. The first-order chi connectivity index (χ1) is 14.5. The molecule has 3 N–H and O–H groups in total. The van der Waals surface area contributed by atoms with Crippen LogP contribution in [0.5, 0.6) is 5.75 Å². The van der Waals surface area contributed by atoms with Crippen molar-refractivity contribution in [1.82, 2.24) is 16.0 Å². The third-order valence-electron chi connectivity index (χ3n) is 4.35. The van der Waals surface area contributed by atoms with Crippen LogP contribution in [0, 0.1) is 0 Å². The highest BCUT2D eigenvalue weighted by Crippen LogP contribution is 2.19. The topological polar surface area (TPSA) is 74.8 Å². The Labute approximate surface area is 198 Å². The van der Waals surface area contributed by atoms with Crippen LogP contribution < -0.4 is 20.7 Å². The maximum atomic E-state index is 12.5. The van der Waals surface area contributed by atoms with Crippen LogP contribution >= 0.6 is 24.0 Å². The Morgan fingerprint density at radius 3 is 2.35 bits per heavy atom. The van der Waals surface area contributed by atoms with E-state index in [4.69, 9.17) is 0 Å². The first-order valence-corrected chi connectivity index (χ1v) is 9.87. The number of alkyl halides is 2. The summed E-state index contributed by atoms with van der Waals surface area (Å²) in [7, 11) is 1.63. The fraction of sp³-hybridized carbons (Fsp3) is 0.364. The number of amides is 1. The molecule has 170 valence electrons. The first-order valence-electron chi connectivity index (χ1n) is 9.87. The number of unbranched alkanes of at least 4 members (excludes halogenated alkanes) is 1. The number of nitrogens with zero attached hydrogens (tertiary/aromatic N) is 1. The zero-order chi connectivity index (χ0) is 21.8. The number of carbonyl (C=O) groups is 1. The lowest BCUT2D eigenvalue weighted by molar-refractivity contribution is -0.0504. The minimum absolute atomic E-state index is 0. The summed E-state index contributed by atoms with van der Waals surface area (Å²) < 4.78 is 29.6. The first kappa shape index (κ1) is 26.6. The van der Waals surface area contributed by atoms with Gasteiger partial charge in [0, 0.05) is 37.8 Å². The second kappa shape index (κ2) is 14.6. The second-order valence-corrected chi connectivity index (χ2v) is 6.57. The molecule has 0 atom stereocenters. The largest absolute Gasteiger partial charge is 0.434 e. The third kappa shape index (κ3) is 9.50. The molecule has 0 fully saturated rings. The van der Waals surface area contributed by atoms with E-state index in [-0.39, 0.29) is 42.2 Å². The highest BCUT2D eigenvalue weighted by atomic mass is 127. The van der Waals surface area contributed by atoms with Gasteiger partial charge in [0.15, 0.2) is 5.96 Å². The third-order valence-corrected chi connectivity index (χ3v) is 4.35. The summed E-state index contributed by atoms with van der Waals surface area (Å²) in [6.07, 6.45) is 1.99. The number of aliphatic imine (C=N–C) groups is 1. The highest BCUT2D eigenvalue weighted by molar-refractivity contribution is 14.0. The summed E-state index contributed by atoms with van der Waals surface area (Å²) in [5.74, 6) is 0.566. The molecule has 2 aromatic carbocycles. The van der Waals surface area contributed by atoms with Crippen molar-refractivity contribution in [2.45, 2.75) is 39.5 Å². The van der Waals surface area contributed by atoms with Crippen molar-refractivity contribution >= 4 is 35.8 Å². The van der Waals surface area contributed by atoms with Crippen LogP contribution in [0.2, 0.25) is 0 Å². The number of carbonyl (C=O) groups excluding carboxylic acids is 1. The molecular formula is C22H29F2IN4O2. The summed E-state index contributed by atoms with van der Waals surface area (Å²) in [5, 5.41) is 9.12. The van der Waals surface area contributed by atoms with Crippen molar-refractivity contribution in [1.29, 1.82) is 0 Å². The Hall–Kier alpha value is -2.43. The molecule has 0 saturated heterocycles. The van der Waals surface area contributed by atoms with Crippen LogP contribution in [0.25, 0.3) is 0 Å². The van der Waals surface area contributed by atoms with Gasteiger partial charge < -0.3 is 20.7 Å². The molecule has 0 aromatic heterocycles. The Kier molecular flexibility index (Phi) is 12.5. The van der Waals surface area contributed by atoms with E-state index >= 15 is 0 Å². The van der Waals surface area contributed by atoms with E-state index in [0.717, 1.165) is 18.4 Å². The van der Waals surface area contributed by atoms with Crippen LogP contribution in [-0.2, 0) is 13.1 Å². The van der Waals surface area contributed by atoms with Gasteiger partial charge in [-0.2, -0.15) is 8.78 Å². The average molecular weight is 546 g/mol. The lowest BCUT2D eigenvalue weighted by Gasteiger charge is -2.14. The number of benzene rings is 2. The zero-order valence-corrected chi connectivity index (χ0v) is 20.0. The number of nitrogens with one attached hydrogen (secondary N) is 3. The lowest BCUT2D eigenvalue weighted by Crippen LogP contribution is -2.36. The van der Waals surface area contributed by atoms with E-state index in [2.05, 4.69) is 32.6 Å². The molecule has 0 heterocycles. The predicted molar refractivity (Wildman–Crippen MR) is 129 cm³/mol. The Bertz CT molecular complexity index is 833. The standard InChI is InChI=1S/C22H28F2N4O2.HI/c1-3-4-13-26-20(29)17-11-9-16(10-12-17)14-27-22(25-2)28-15-18-7-5-6-8-19(18)30-21(23)24;/h5-12,21H,3-4,13-15H2,1-2H3,(H,26,29)(H2,25,27,28);1H. The fourth-order valence-corrected chi connectivity index (χ4v) is 2.70. The summed E-state index contributed by atoms with van der Waals surface area (Å²) in [6, 6.07) is 13.9. The molecule has 0 aliphatic heterocycles. The van der Waals surface area contributed by atoms with Crippen molar-refractivity contribution in [2.24, 2.45) is 4.99 Å². The van der Waals surface area contributed by atoms with Gasteiger partial charge in [-0.3, -0.25) is 9.79 Å². The number of hydrogen-bond acceptors (Lipinski definition) is 3. The number of para-hydroxylation sites is 1. The fourth-order valence-electron chi connectivity index (χ4n) is 2.70. The van der Waals surface area contributed by atoms with Gasteiger partial charge in [-0.05, 0) is 30.2 Å². The molecule has 0 bridgehead atoms. The maximum absolute atomic E-state index is 12.5. The molecule has 2 aromatic rings. The highest BCUT2D eigenvalue weighted by Gasteiger charge is 2.10. The zero-order valence-electron chi connectivity index (χ0n) is 17.7. The smallest absolute Gasteiger partial charge is 0.387 e. The normalized spacial score (nSPS) is 10.9. The van der Waals surface area contributed by atoms with Crippen molar-refractivity contribution in [2.75, 3.05) is 13.6 Å². The van der Waals surface area contributed by atoms with Crippen molar-refractivity contribution in [3.05, 3.63) is 65.2 Å². The maximum Gasteiger partial charge on any atom is 0.387 e. The Morgan fingerprint density at radius 1 is 1.03 bits per heavy atom. The van der Waals surface area contributed by atoms with Crippen LogP contribution in [-0.4, -0.2) is 32.1 Å². The van der Waals surface area contributed by atoms with E-state index in [1.54, 1.807) is 37.4 Å². The van der Waals surface area contributed by atoms with Gasteiger partial charge in [-0.25, -0.2) is 0 Å². The molecule has 9 heteroatoms. The quantitative estimate of drug-likeness (QED) is 0.180. The number of guanidine groups is 1. The van der Waals surface area contributed by atoms with Crippen LogP contribution in [0.3, 0.4) is 0 Å². The van der Waals surface area contributed by atoms with Gasteiger partial charge in [-0.15, -0.1) is 24.0 Å². The van der Waals surface area contributed by atoms with Crippen molar-refractivity contribution in [3.8, 4) is 5.75 Å². The average Bonchev–Trinajstić information content (AvgIpc) is 2.75. The monoisotopic (exact) mass is 546 g/mol. The number of halogens is 3. The summed E-state index contributed by atoms with van der Waals surface area (Å²) in [4.78, 5) is 16.2. The van der Waals surface area contributed by atoms with Gasteiger partial charge in [0.2, 0.25) is 0 Å². The van der Waals surface area contributed by atoms with Crippen LogP contribution in [0.15, 0.2) is 53.5 Å². The molecule has 6 nitrogen and oxygen atoms in total. The molecule has 31 heavy (non-hydrogen) atoms. The lowest BCUT2D eigenvalue weighted by atomic mass is 10.1. The summed E-state index contributed by atoms with van der Waals surface area (Å²) in [5.41, 5.74) is 2.19. The summed E-state index contributed by atoms with van der Waals surface area (Å²) in [6.45, 7) is 0.644. The molecule has 0 unspecified atom stereocenters. The van der Waals surface area contributed by atoms with Gasteiger partial charge in [0.1, 0.15) is 5.75 Å².